The van der Waals surface area contributed by atoms with E-state index in [-0.39, 0.29) is 48.9 Å². The van der Waals surface area contributed by atoms with E-state index in [0.717, 1.165) is 28.9 Å². The minimum absolute atomic E-state index is 0.00626. The van der Waals surface area contributed by atoms with Crippen molar-refractivity contribution in [2.45, 2.75) is 64.6 Å². The molecule has 0 unspecified atom stereocenters. The van der Waals surface area contributed by atoms with Crippen LogP contribution < -0.4 is 15.5 Å². The number of hydrogen-bond donors (Lipinski definition) is 3. The quantitative estimate of drug-likeness (QED) is 0.411. The number of rotatable bonds is 11. The molecule has 10 heteroatoms. The van der Waals surface area contributed by atoms with Gasteiger partial charge in [-0.15, -0.1) is 0 Å². The number of likely N-dealkylation sites (N-methyl/N-ethyl adjacent to an activating group) is 1. The Bertz CT molecular complexity index is 1180. The van der Waals surface area contributed by atoms with Crippen molar-refractivity contribution in [1.82, 2.24) is 25.5 Å². The Balaban J connectivity index is 1.53. The molecule has 2 aliphatic heterocycles. The number of aryl methyl sites for hydroxylation is 1. The lowest BCUT2D eigenvalue weighted by Crippen LogP contribution is -2.55. The molecule has 204 valence electrons. The Morgan fingerprint density at radius 2 is 2.00 bits per heavy atom. The lowest BCUT2D eigenvalue weighted by molar-refractivity contribution is -0.134. The second-order valence-corrected chi connectivity index (χ2v) is 10.7. The number of aromatic amines is 1. The summed E-state index contributed by atoms with van der Waals surface area (Å²) in [4.78, 5) is 63.6. The molecule has 1 aromatic carbocycles. The summed E-state index contributed by atoms with van der Waals surface area (Å²) in [5.74, 6) is -1.36. The Morgan fingerprint density at radius 3 is 2.68 bits per heavy atom. The monoisotopic (exact) mass is 522 g/mol. The van der Waals surface area contributed by atoms with Crippen molar-refractivity contribution in [3.63, 3.8) is 0 Å². The van der Waals surface area contributed by atoms with Crippen LogP contribution in [0.5, 0.6) is 0 Å². The standard InChI is InChI=1S/C28H38N6O4/c1-5-17(2)22(12-21(35)15-33(3)4)26(36)32-23-10-9-18-7-6-8-19-11-24(34(25(18)19)28(23)38)27(37)30-14-20-13-29-16-31-20/h6-8,13,16-17,22-24H,5,9-12,14-15H2,1-4H3,(H,29,31)(H,30,37)(H,32,36)/t17-,22-,23-,24-/m0/s1. The molecule has 0 spiro atoms. The second kappa shape index (κ2) is 11.9. The Kier molecular flexibility index (Phi) is 8.61. The second-order valence-electron chi connectivity index (χ2n) is 10.7. The fourth-order valence-corrected chi connectivity index (χ4v) is 5.43. The van der Waals surface area contributed by atoms with Crippen molar-refractivity contribution in [1.29, 1.82) is 0 Å². The lowest BCUT2D eigenvalue weighted by Gasteiger charge is -2.29. The number of nitrogens with one attached hydrogen (secondary N) is 3. The van der Waals surface area contributed by atoms with E-state index in [9.17, 15) is 19.2 Å². The number of aromatic nitrogens is 2. The van der Waals surface area contributed by atoms with Crippen LogP contribution in [0.1, 0.15) is 49.9 Å². The average molecular weight is 523 g/mol. The third kappa shape index (κ3) is 5.96. The molecular formula is C28H38N6O4. The minimum Gasteiger partial charge on any atom is -0.349 e. The van der Waals surface area contributed by atoms with Gasteiger partial charge in [-0.3, -0.25) is 24.1 Å². The highest BCUT2D eigenvalue weighted by Gasteiger charge is 2.44. The number of Topliss-reactive ketones (excluding diaryl/α,β-unsaturated/α-hetero) is 1. The number of nitrogens with zero attached hydrogens (tertiary/aromatic N) is 3. The van der Waals surface area contributed by atoms with Crippen molar-refractivity contribution in [3.05, 3.63) is 47.5 Å². The number of hydrogen-bond acceptors (Lipinski definition) is 6. The van der Waals surface area contributed by atoms with E-state index in [1.807, 2.05) is 46.1 Å². The molecule has 0 fully saturated rings. The van der Waals surface area contributed by atoms with Gasteiger partial charge in [0.2, 0.25) is 17.7 Å². The summed E-state index contributed by atoms with van der Waals surface area (Å²) in [7, 11) is 3.65. The summed E-state index contributed by atoms with van der Waals surface area (Å²) in [6, 6.07) is 4.41. The van der Waals surface area contributed by atoms with Gasteiger partial charge in [-0.05, 0) is 44.0 Å². The average Bonchev–Trinajstić information content (AvgIpc) is 3.52. The topological polar surface area (TPSA) is 128 Å². The van der Waals surface area contributed by atoms with E-state index in [0.29, 0.717) is 19.3 Å². The number of ketones is 1. The van der Waals surface area contributed by atoms with Crippen molar-refractivity contribution in [3.8, 4) is 0 Å². The van der Waals surface area contributed by atoms with Crippen LogP contribution in [0.25, 0.3) is 0 Å². The molecule has 10 nitrogen and oxygen atoms in total. The predicted octanol–water partition coefficient (Wildman–Crippen LogP) is 1.60. The van der Waals surface area contributed by atoms with E-state index >= 15 is 0 Å². The molecule has 0 saturated heterocycles. The molecule has 1 aromatic heterocycles. The van der Waals surface area contributed by atoms with E-state index in [4.69, 9.17) is 0 Å². The molecular weight excluding hydrogens is 484 g/mol. The summed E-state index contributed by atoms with van der Waals surface area (Å²) >= 11 is 0. The molecule has 0 bridgehead atoms. The van der Waals surface area contributed by atoms with Gasteiger partial charge in [-0.1, -0.05) is 38.5 Å². The molecule has 2 aliphatic rings. The van der Waals surface area contributed by atoms with Gasteiger partial charge in [0.1, 0.15) is 17.9 Å². The molecule has 4 atom stereocenters. The predicted molar refractivity (Wildman–Crippen MR) is 143 cm³/mol. The third-order valence-electron chi connectivity index (χ3n) is 7.64. The first-order valence-electron chi connectivity index (χ1n) is 13.3. The molecule has 38 heavy (non-hydrogen) atoms. The van der Waals surface area contributed by atoms with E-state index in [1.165, 1.54) is 0 Å². The summed E-state index contributed by atoms with van der Waals surface area (Å²) in [5, 5.41) is 5.89. The maximum Gasteiger partial charge on any atom is 0.250 e. The highest BCUT2D eigenvalue weighted by molar-refractivity contribution is 6.08. The van der Waals surface area contributed by atoms with Crippen LogP contribution in [0, 0.1) is 11.8 Å². The van der Waals surface area contributed by atoms with E-state index in [2.05, 4.69) is 20.6 Å². The molecule has 0 radical (unpaired) electrons. The van der Waals surface area contributed by atoms with Crippen LogP contribution in [0.2, 0.25) is 0 Å². The van der Waals surface area contributed by atoms with Gasteiger partial charge in [0.25, 0.3) is 0 Å². The molecule has 3 N–H and O–H groups in total. The van der Waals surface area contributed by atoms with Crippen molar-refractivity contribution >= 4 is 29.2 Å². The smallest absolute Gasteiger partial charge is 0.250 e. The number of para-hydroxylation sites is 1. The summed E-state index contributed by atoms with van der Waals surface area (Å²) in [6.07, 6.45) is 5.51. The molecule has 4 rings (SSSR count). The molecule has 0 saturated carbocycles. The maximum atomic E-state index is 13.9. The number of benzene rings is 1. The van der Waals surface area contributed by atoms with Crippen molar-refractivity contribution in [2.24, 2.45) is 11.8 Å². The number of carbonyl (C=O) groups is 4. The summed E-state index contributed by atoms with van der Waals surface area (Å²) < 4.78 is 0. The van der Waals surface area contributed by atoms with Gasteiger partial charge < -0.3 is 20.5 Å². The Morgan fingerprint density at radius 1 is 1.24 bits per heavy atom. The lowest BCUT2D eigenvalue weighted by atomic mass is 9.86. The zero-order chi connectivity index (χ0) is 27.4. The third-order valence-corrected chi connectivity index (χ3v) is 7.64. The van der Waals surface area contributed by atoms with Gasteiger partial charge in [0, 0.05) is 25.0 Å². The van der Waals surface area contributed by atoms with Crippen LogP contribution >= 0.6 is 0 Å². The van der Waals surface area contributed by atoms with Gasteiger partial charge in [-0.2, -0.15) is 0 Å². The SMILES string of the molecule is CC[C@H](C)[C@H](CC(=O)CN(C)C)C(=O)N[C@H]1CCc2cccc3c2N(C1=O)[C@H](C(=O)NCc1cnc[nH]1)C3. The summed E-state index contributed by atoms with van der Waals surface area (Å²) in [6.45, 7) is 4.50. The summed E-state index contributed by atoms with van der Waals surface area (Å²) in [5.41, 5.74) is 3.50. The zero-order valence-electron chi connectivity index (χ0n) is 22.6. The zero-order valence-corrected chi connectivity index (χ0v) is 22.6. The number of H-pyrrole nitrogens is 1. The molecule has 2 aromatic rings. The minimum atomic E-state index is -0.778. The van der Waals surface area contributed by atoms with Gasteiger partial charge in [0.15, 0.2) is 0 Å². The van der Waals surface area contributed by atoms with Crippen LogP contribution in [-0.4, -0.2) is 71.1 Å². The maximum absolute atomic E-state index is 13.9. The van der Waals surface area contributed by atoms with Crippen LogP contribution in [-0.2, 0) is 38.6 Å². The van der Waals surface area contributed by atoms with Crippen LogP contribution in [0.15, 0.2) is 30.7 Å². The van der Waals surface area contributed by atoms with Gasteiger partial charge in [-0.25, -0.2) is 4.98 Å². The number of amides is 3. The first-order chi connectivity index (χ1) is 18.2. The fraction of sp³-hybridized carbons (Fsp3) is 0.536. The van der Waals surface area contributed by atoms with Crippen LogP contribution in [0.4, 0.5) is 5.69 Å². The van der Waals surface area contributed by atoms with Crippen molar-refractivity contribution in [2.75, 3.05) is 25.5 Å². The van der Waals surface area contributed by atoms with Gasteiger partial charge >= 0.3 is 0 Å². The Hall–Kier alpha value is -3.53. The van der Waals surface area contributed by atoms with Crippen molar-refractivity contribution < 1.29 is 19.2 Å². The first kappa shape index (κ1) is 27.5. The van der Waals surface area contributed by atoms with Crippen LogP contribution in [0.3, 0.4) is 0 Å². The molecule has 3 amide bonds. The Labute approximate surface area is 223 Å². The van der Waals surface area contributed by atoms with E-state index < -0.39 is 18.0 Å². The fourth-order valence-electron chi connectivity index (χ4n) is 5.43. The molecule has 3 heterocycles. The number of anilines is 1. The first-order valence-corrected chi connectivity index (χ1v) is 13.3. The largest absolute Gasteiger partial charge is 0.349 e. The highest BCUT2D eigenvalue weighted by atomic mass is 16.2. The normalized spacial score (nSPS) is 20.0. The highest BCUT2D eigenvalue weighted by Crippen LogP contribution is 2.39. The molecule has 0 aliphatic carbocycles. The number of imidazole rings is 1. The number of carbonyl (C=O) groups excluding carboxylic acids is 4. The van der Waals surface area contributed by atoms with Gasteiger partial charge in [0.05, 0.1) is 30.8 Å². The van der Waals surface area contributed by atoms with E-state index in [1.54, 1.807) is 22.3 Å².